The molecule has 1 atom stereocenters. The Balaban J connectivity index is 1.32. The maximum atomic E-state index is 12.9. The fourth-order valence-corrected chi connectivity index (χ4v) is 5.96. The third-order valence-electron chi connectivity index (χ3n) is 6.37. The van der Waals surface area contributed by atoms with Gasteiger partial charge in [-0.2, -0.15) is 9.57 Å². The second-order valence-corrected chi connectivity index (χ2v) is 10.3. The molecule has 0 aliphatic carbocycles. The van der Waals surface area contributed by atoms with Gasteiger partial charge < -0.3 is 9.73 Å². The topological polar surface area (TPSA) is 107 Å². The summed E-state index contributed by atoms with van der Waals surface area (Å²) in [5, 5.41) is 12.0. The van der Waals surface area contributed by atoms with Crippen molar-refractivity contribution in [2.24, 2.45) is 5.92 Å². The number of likely N-dealkylation sites (tertiary alicyclic amines) is 1. The summed E-state index contributed by atoms with van der Waals surface area (Å²) < 4.78 is 32.8. The van der Waals surface area contributed by atoms with Gasteiger partial charge in [-0.1, -0.05) is 0 Å². The molecule has 1 N–H and O–H groups in total. The first-order valence-electron chi connectivity index (χ1n) is 11.0. The van der Waals surface area contributed by atoms with Gasteiger partial charge in [-0.25, -0.2) is 8.42 Å². The molecule has 1 aromatic heterocycles. The third-order valence-corrected chi connectivity index (χ3v) is 8.28. The molecule has 1 amide bonds. The van der Waals surface area contributed by atoms with E-state index in [-0.39, 0.29) is 22.8 Å². The number of amides is 1. The van der Waals surface area contributed by atoms with Crippen molar-refractivity contribution in [2.75, 3.05) is 32.7 Å². The number of nitrogens with one attached hydrogen (secondary N) is 1. The average molecular weight is 457 g/mol. The Morgan fingerprint density at radius 2 is 1.81 bits per heavy atom. The number of carbonyl (C=O) groups is 1. The molecule has 170 valence electrons. The maximum absolute atomic E-state index is 12.9. The van der Waals surface area contributed by atoms with Gasteiger partial charge in [0.15, 0.2) is 0 Å². The molecule has 2 aliphatic heterocycles. The molecular formula is C23H28N4O4S. The molecular weight excluding hydrogens is 428 g/mol. The predicted octanol–water partition coefficient (Wildman–Crippen LogP) is 2.51. The normalized spacial score (nSPS) is 19.5. The molecule has 0 saturated carbocycles. The predicted molar refractivity (Wildman–Crippen MR) is 118 cm³/mol. The molecule has 0 radical (unpaired) electrons. The van der Waals surface area contributed by atoms with Crippen molar-refractivity contribution in [3.63, 3.8) is 0 Å². The number of furan rings is 1. The Labute approximate surface area is 188 Å². The lowest BCUT2D eigenvalue weighted by molar-refractivity contribution is -0.126. The Kier molecular flexibility index (Phi) is 6.94. The fraction of sp³-hybridized carbons (Fsp3) is 0.478. The Morgan fingerprint density at radius 1 is 1.12 bits per heavy atom. The molecule has 32 heavy (non-hydrogen) atoms. The van der Waals surface area contributed by atoms with Crippen LogP contribution in [-0.4, -0.2) is 56.3 Å². The van der Waals surface area contributed by atoms with Gasteiger partial charge in [0.1, 0.15) is 5.76 Å². The lowest BCUT2D eigenvalue weighted by atomic mass is 9.97. The van der Waals surface area contributed by atoms with Crippen LogP contribution in [0.3, 0.4) is 0 Å². The van der Waals surface area contributed by atoms with E-state index in [0.29, 0.717) is 38.0 Å². The van der Waals surface area contributed by atoms with Crippen LogP contribution < -0.4 is 5.32 Å². The molecule has 2 aromatic rings. The van der Waals surface area contributed by atoms with Gasteiger partial charge in [-0.15, -0.1) is 0 Å². The molecule has 3 heterocycles. The highest BCUT2D eigenvalue weighted by atomic mass is 32.2. The third kappa shape index (κ3) is 4.88. The van der Waals surface area contributed by atoms with Crippen LogP contribution >= 0.6 is 0 Å². The number of hydrogen-bond donors (Lipinski definition) is 1. The maximum Gasteiger partial charge on any atom is 0.243 e. The van der Waals surface area contributed by atoms with E-state index in [1.807, 2.05) is 18.2 Å². The number of nitriles is 1. The number of carbonyl (C=O) groups excluding carboxylic acids is 1. The van der Waals surface area contributed by atoms with Crippen molar-refractivity contribution in [1.29, 1.82) is 5.26 Å². The van der Waals surface area contributed by atoms with Gasteiger partial charge in [0, 0.05) is 25.6 Å². The van der Waals surface area contributed by atoms with E-state index < -0.39 is 10.0 Å². The van der Waals surface area contributed by atoms with Crippen molar-refractivity contribution < 1.29 is 17.6 Å². The van der Waals surface area contributed by atoms with Crippen molar-refractivity contribution >= 4 is 15.9 Å². The number of hydrogen-bond acceptors (Lipinski definition) is 6. The molecule has 0 bridgehead atoms. The summed E-state index contributed by atoms with van der Waals surface area (Å²) in [6, 6.07) is 11.7. The zero-order chi connectivity index (χ0) is 22.6. The minimum atomic E-state index is -3.63. The number of benzene rings is 1. The van der Waals surface area contributed by atoms with Crippen molar-refractivity contribution in [3.05, 3.63) is 54.0 Å². The summed E-state index contributed by atoms with van der Waals surface area (Å²) >= 11 is 0. The summed E-state index contributed by atoms with van der Waals surface area (Å²) in [5.41, 5.74) is 0.418. The van der Waals surface area contributed by atoms with E-state index in [1.165, 1.54) is 28.6 Å². The van der Waals surface area contributed by atoms with Gasteiger partial charge in [0.25, 0.3) is 0 Å². The molecule has 8 nitrogen and oxygen atoms in total. The summed E-state index contributed by atoms with van der Waals surface area (Å²) in [5.74, 6) is 0.616. The van der Waals surface area contributed by atoms with E-state index in [1.54, 1.807) is 6.26 Å². The molecule has 9 heteroatoms. The molecule has 2 saturated heterocycles. The minimum Gasteiger partial charge on any atom is -0.468 e. The lowest BCUT2D eigenvalue weighted by Gasteiger charge is -2.31. The molecule has 2 fully saturated rings. The number of sulfonamides is 1. The van der Waals surface area contributed by atoms with Crippen LogP contribution in [-0.2, 0) is 14.8 Å². The van der Waals surface area contributed by atoms with Gasteiger partial charge in [0.05, 0.1) is 28.8 Å². The Hall–Kier alpha value is -2.67. The van der Waals surface area contributed by atoms with E-state index >= 15 is 0 Å². The van der Waals surface area contributed by atoms with Gasteiger partial charge in [-0.05, 0) is 75.2 Å². The highest BCUT2D eigenvalue weighted by Gasteiger charge is 2.33. The smallest absolute Gasteiger partial charge is 0.243 e. The summed E-state index contributed by atoms with van der Waals surface area (Å²) in [6.45, 7) is 3.07. The van der Waals surface area contributed by atoms with Crippen LogP contribution in [0.25, 0.3) is 0 Å². The quantitative estimate of drug-likeness (QED) is 0.686. The SMILES string of the molecule is N#Cc1ccc(S(=O)(=O)N2CCC(C(=O)NCC(c3ccco3)N3CCCC3)CC2)cc1. The fourth-order valence-electron chi connectivity index (χ4n) is 4.49. The average Bonchev–Trinajstić information content (AvgIpc) is 3.54. The molecule has 0 spiro atoms. The molecule has 1 aromatic carbocycles. The van der Waals surface area contributed by atoms with Crippen molar-refractivity contribution in [2.45, 2.75) is 36.6 Å². The molecule has 2 aliphatic rings. The van der Waals surface area contributed by atoms with E-state index in [4.69, 9.17) is 9.68 Å². The monoisotopic (exact) mass is 456 g/mol. The summed E-state index contributed by atoms with van der Waals surface area (Å²) in [6.07, 6.45) is 4.92. The highest BCUT2D eigenvalue weighted by Crippen LogP contribution is 2.27. The van der Waals surface area contributed by atoms with Gasteiger partial charge >= 0.3 is 0 Å². The van der Waals surface area contributed by atoms with Crippen LogP contribution in [0.5, 0.6) is 0 Å². The number of rotatable bonds is 7. The van der Waals surface area contributed by atoms with Crippen LogP contribution in [0, 0.1) is 17.2 Å². The minimum absolute atomic E-state index is 0.0216. The van der Waals surface area contributed by atoms with E-state index in [0.717, 1.165) is 31.7 Å². The number of piperidine rings is 1. The van der Waals surface area contributed by atoms with E-state index in [9.17, 15) is 13.2 Å². The molecule has 1 unspecified atom stereocenters. The number of nitrogens with zero attached hydrogens (tertiary/aromatic N) is 3. The van der Waals surface area contributed by atoms with Crippen LogP contribution in [0.15, 0.2) is 52.0 Å². The first-order valence-corrected chi connectivity index (χ1v) is 12.5. The second kappa shape index (κ2) is 9.86. The summed E-state index contributed by atoms with van der Waals surface area (Å²) in [7, 11) is -3.63. The van der Waals surface area contributed by atoms with Crippen LogP contribution in [0.2, 0.25) is 0 Å². The largest absolute Gasteiger partial charge is 0.468 e. The van der Waals surface area contributed by atoms with Crippen LogP contribution in [0.1, 0.15) is 43.0 Å². The van der Waals surface area contributed by atoms with Crippen LogP contribution in [0.4, 0.5) is 0 Å². The first kappa shape index (κ1) is 22.5. The Morgan fingerprint density at radius 3 is 2.41 bits per heavy atom. The molecule has 4 rings (SSSR count). The standard InChI is InChI=1S/C23H28N4O4S/c24-16-18-5-7-20(8-6-18)32(29,30)27-13-9-19(10-14-27)23(28)25-17-21(22-4-3-15-31-22)26-11-1-2-12-26/h3-8,15,19,21H,1-2,9-14,17H2,(H,25,28). The second-order valence-electron chi connectivity index (χ2n) is 8.33. The summed E-state index contributed by atoms with van der Waals surface area (Å²) in [4.78, 5) is 15.3. The van der Waals surface area contributed by atoms with Crippen molar-refractivity contribution in [3.8, 4) is 6.07 Å². The van der Waals surface area contributed by atoms with Gasteiger partial charge in [0.2, 0.25) is 15.9 Å². The van der Waals surface area contributed by atoms with E-state index in [2.05, 4.69) is 10.2 Å². The Bertz CT molecular complexity index is 1050. The van der Waals surface area contributed by atoms with Gasteiger partial charge in [-0.3, -0.25) is 9.69 Å². The zero-order valence-corrected chi connectivity index (χ0v) is 18.8. The first-order chi connectivity index (χ1) is 15.5. The zero-order valence-electron chi connectivity index (χ0n) is 17.9. The van der Waals surface area contributed by atoms with Crippen molar-refractivity contribution in [1.82, 2.24) is 14.5 Å². The highest BCUT2D eigenvalue weighted by molar-refractivity contribution is 7.89. The lowest BCUT2D eigenvalue weighted by Crippen LogP contribution is -2.44.